The molecule has 12 heavy (non-hydrogen) atoms. The lowest BCUT2D eigenvalue weighted by Gasteiger charge is -2.19. The predicted molar refractivity (Wildman–Crippen MR) is 54.3 cm³/mol. The Morgan fingerprint density at radius 3 is 1.58 bits per heavy atom. The van der Waals surface area contributed by atoms with E-state index in [2.05, 4.69) is 13.8 Å². The van der Waals surface area contributed by atoms with Crippen molar-refractivity contribution in [2.45, 2.75) is 59.8 Å². The molecular formula is C10H25FO. The van der Waals surface area contributed by atoms with Crippen molar-refractivity contribution in [1.29, 1.82) is 0 Å². The van der Waals surface area contributed by atoms with Gasteiger partial charge in [-0.3, -0.25) is 4.70 Å². The van der Waals surface area contributed by atoms with Crippen LogP contribution in [0.15, 0.2) is 0 Å². The Hall–Kier alpha value is -0.110. The van der Waals surface area contributed by atoms with Crippen LogP contribution in [-0.2, 0) is 0 Å². The van der Waals surface area contributed by atoms with Crippen LogP contribution in [0.3, 0.4) is 0 Å². The van der Waals surface area contributed by atoms with Crippen molar-refractivity contribution >= 4 is 0 Å². The van der Waals surface area contributed by atoms with E-state index in [-0.39, 0.29) is 10.2 Å². The molecule has 1 saturated carbocycles. The van der Waals surface area contributed by atoms with E-state index < -0.39 is 0 Å². The lowest BCUT2D eigenvalue weighted by molar-refractivity contribution is 0.323. The third kappa shape index (κ3) is 5.53. The van der Waals surface area contributed by atoms with Crippen molar-refractivity contribution in [3.05, 3.63) is 0 Å². The number of halogens is 1. The van der Waals surface area contributed by atoms with Crippen molar-refractivity contribution in [2.75, 3.05) is 0 Å². The molecule has 0 aromatic carbocycles. The number of rotatable bonds is 1. The molecule has 1 aliphatic rings. The fourth-order valence-corrected chi connectivity index (χ4v) is 1.58. The zero-order chi connectivity index (χ0) is 8.04. The molecule has 0 radical (unpaired) electrons. The van der Waals surface area contributed by atoms with Crippen LogP contribution >= 0.6 is 0 Å². The molecule has 1 rings (SSSR count). The van der Waals surface area contributed by atoms with Gasteiger partial charge < -0.3 is 5.48 Å². The topological polar surface area (TPSA) is 31.5 Å². The van der Waals surface area contributed by atoms with E-state index in [1.807, 2.05) is 13.8 Å². The van der Waals surface area contributed by atoms with E-state index in [9.17, 15) is 0 Å². The van der Waals surface area contributed by atoms with Crippen LogP contribution < -0.4 is 0 Å². The van der Waals surface area contributed by atoms with Gasteiger partial charge in [-0.2, -0.15) is 0 Å². The molecule has 1 nitrogen and oxygen atoms in total. The van der Waals surface area contributed by atoms with E-state index in [0.717, 1.165) is 5.41 Å². The summed E-state index contributed by atoms with van der Waals surface area (Å²) in [6.45, 7) is 8.73. The maximum atomic E-state index is 2.42. The summed E-state index contributed by atoms with van der Waals surface area (Å²) in [6.07, 6.45) is 7.29. The zero-order valence-electron chi connectivity index (χ0n) is 8.94. The Morgan fingerprint density at radius 1 is 1.08 bits per heavy atom. The largest absolute Gasteiger partial charge is 0.412 e. The van der Waals surface area contributed by atoms with E-state index in [1.54, 1.807) is 0 Å². The molecule has 78 valence electrons. The first-order valence-electron chi connectivity index (χ1n) is 4.77. The molecule has 0 amide bonds. The molecule has 2 heteroatoms. The Bertz CT molecular complexity index is 77.9. The molecule has 0 bridgehead atoms. The molecular weight excluding hydrogens is 155 g/mol. The van der Waals surface area contributed by atoms with Crippen molar-refractivity contribution in [3.63, 3.8) is 0 Å². The molecule has 0 atom stereocenters. The molecule has 0 aromatic rings. The van der Waals surface area contributed by atoms with Gasteiger partial charge in [-0.25, -0.2) is 0 Å². The van der Waals surface area contributed by atoms with E-state index >= 15 is 0 Å². The van der Waals surface area contributed by atoms with Crippen molar-refractivity contribution in [1.82, 2.24) is 0 Å². The van der Waals surface area contributed by atoms with Crippen molar-refractivity contribution in [2.24, 2.45) is 5.41 Å². The normalized spacial score (nSPS) is 18.0. The van der Waals surface area contributed by atoms with E-state index in [0.29, 0.717) is 0 Å². The standard InChI is InChI=1S/C8H16.C2H6.FH.H2O/c1-3-8(2)6-4-5-7-8;1-2;;/h3-7H2,1-2H3;1-2H3;1H;1H2. The third-order valence-corrected chi connectivity index (χ3v) is 2.66. The fraction of sp³-hybridized carbons (Fsp3) is 1.00. The highest BCUT2D eigenvalue weighted by Gasteiger charge is 2.25. The smallest absolute Gasteiger partial charge is 0.0328 e. The van der Waals surface area contributed by atoms with Gasteiger partial charge in [0.25, 0.3) is 0 Å². The summed E-state index contributed by atoms with van der Waals surface area (Å²) in [7, 11) is 0. The summed E-state index contributed by atoms with van der Waals surface area (Å²) >= 11 is 0. The maximum absolute atomic E-state index is 2.42. The van der Waals surface area contributed by atoms with Gasteiger partial charge in [0.1, 0.15) is 0 Å². The highest BCUT2D eigenvalue weighted by Crippen LogP contribution is 2.39. The quantitative estimate of drug-likeness (QED) is 0.593. The molecule has 0 unspecified atom stereocenters. The lowest BCUT2D eigenvalue weighted by atomic mass is 9.86. The second-order valence-corrected chi connectivity index (χ2v) is 3.37. The van der Waals surface area contributed by atoms with Gasteiger partial charge in [-0.15, -0.1) is 0 Å². The monoisotopic (exact) mass is 180 g/mol. The summed E-state index contributed by atoms with van der Waals surface area (Å²) < 4.78 is 0. The van der Waals surface area contributed by atoms with Gasteiger partial charge >= 0.3 is 0 Å². The molecule has 0 aliphatic heterocycles. The van der Waals surface area contributed by atoms with Crippen LogP contribution in [0.2, 0.25) is 0 Å². The second-order valence-electron chi connectivity index (χ2n) is 3.37. The molecule has 0 saturated heterocycles. The van der Waals surface area contributed by atoms with Gasteiger partial charge in [0.15, 0.2) is 0 Å². The molecule has 0 spiro atoms. The minimum Gasteiger partial charge on any atom is -0.412 e. The Kier molecular flexibility index (Phi) is 13.4. The molecule has 1 aliphatic carbocycles. The molecule has 0 heterocycles. The van der Waals surface area contributed by atoms with Crippen LogP contribution in [0.25, 0.3) is 0 Å². The number of hydrogen-bond donors (Lipinski definition) is 0. The van der Waals surface area contributed by atoms with Crippen molar-refractivity contribution < 1.29 is 10.2 Å². The molecule has 2 N–H and O–H groups in total. The Morgan fingerprint density at radius 2 is 1.42 bits per heavy atom. The Balaban J connectivity index is -0.000000189. The SMILES string of the molecule is CC.CCC1(C)CCCC1.F.O. The van der Waals surface area contributed by atoms with Crippen LogP contribution in [0.1, 0.15) is 59.8 Å². The first kappa shape index (κ1) is 17.8. The average Bonchev–Trinajstić information content (AvgIpc) is 2.42. The minimum absolute atomic E-state index is 0. The summed E-state index contributed by atoms with van der Waals surface area (Å²) in [6, 6.07) is 0. The maximum Gasteiger partial charge on any atom is -0.0328 e. The van der Waals surface area contributed by atoms with Crippen LogP contribution in [0, 0.1) is 5.41 Å². The summed E-state index contributed by atoms with van der Waals surface area (Å²) in [5.74, 6) is 0. The van der Waals surface area contributed by atoms with Gasteiger partial charge in [0.2, 0.25) is 0 Å². The van der Waals surface area contributed by atoms with E-state index in [1.165, 1.54) is 32.1 Å². The van der Waals surface area contributed by atoms with Gasteiger partial charge in [0, 0.05) is 0 Å². The molecule has 1 fully saturated rings. The summed E-state index contributed by atoms with van der Waals surface area (Å²) in [4.78, 5) is 0. The average molecular weight is 180 g/mol. The van der Waals surface area contributed by atoms with Crippen LogP contribution in [0.5, 0.6) is 0 Å². The minimum atomic E-state index is 0. The highest BCUT2D eigenvalue weighted by atomic mass is 19.0. The van der Waals surface area contributed by atoms with Gasteiger partial charge in [-0.05, 0) is 18.3 Å². The highest BCUT2D eigenvalue weighted by molar-refractivity contribution is 4.78. The van der Waals surface area contributed by atoms with Crippen LogP contribution in [0.4, 0.5) is 4.70 Å². The van der Waals surface area contributed by atoms with Gasteiger partial charge in [-0.1, -0.05) is 47.0 Å². The Labute approximate surface area is 76.2 Å². The van der Waals surface area contributed by atoms with Crippen molar-refractivity contribution in [3.8, 4) is 0 Å². The van der Waals surface area contributed by atoms with Gasteiger partial charge in [0.05, 0.1) is 0 Å². The first-order chi connectivity index (χ1) is 4.77. The number of hydrogen-bond acceptors (Lipinski definition) is 0. The zero-order valence-corrected chi connectivity index (χ0v) is 8.94. The summed E-state index contributed by atoms with van der Waals surface area (Å²) in [5.41, 5.74) is 0.736. The lowest BCUT2D eigenvalue weighted by Crippen LogP contribution is -2.07. The summed E-state index contributed by atoms with van der Waals surface area (Å²) in [5, 5.41) is 0. The third-order valence-electron chi connectivity index (χ3n) is 2.66. The predicted octanol–water partition coefficient (Wildman–Crippen LogP) is 3.33. The second kappa shape index (κ2) is 8.98. The van der Waals surface area contributed by atoms with Crippen LogP contribution in [-0.4, -0.2) is 5.48 Å². The first-order valence-corrected chi connectivity index (χ1v) is 4.77. The van der Waals surface area contributed by atoms with E-state index in [4.69, 9.17) is 0 Å². The molecule has 0 aromatic heterocycles. The fourth-order valence-electron chi connectivity index (χ4n) is 1.58.